The van der Waals surface area contributed by atoms with Crippen LogP contribution < -0.4 is 9.47 Å². The Morgan fingerprint density at radius 1 is 1.12 bits per heavy atom. The summed E-state index contributed by atoms with van der Waals surface area (Å²) >= 11 is 2.21. The first-order chi connectivity index (χ1) is 12.2. The zero-order valence-corrected chi connectivity index (χ0v) is 16.5. The van der Waals surface area contributed by atoms with Crippen molar-refractivity contribution in [1.82, 2.24) is 4.90 Å². The third kappa shape index (κ3) is 4.45. The van der Waals surface area contributed by atoms with Gasteiger partial charge in [-0.2, -0.15) is 0 Å². The van der Waals surface area contributed by atoms with Crippen LogP contribution in [0.5, 0.6) is 11.5 Å². The Hall–Kier alpha value is -1.76. The molecule has 1 saturated heterocycles. The van der Waals surface area contributed by atoms with Crippen LogP contribution in [0.25, 0.3) is 0 Å². The summed E-state index contributed by atoms with van der Waals surface area (Å²) in [6.07, 6.45) is 2.17. The maximum absolute atomic E-state index is 12.7. The zero-order chi connectivity index (χ0) is 17.6. The van der Waals surface area contributed by atoms with Crippen LogP contribution in [0.4, 0.5) is 0 Å². The van der Waals surface area contributed by atoms with E-state index in [1.54, 1.807) is 0 Å². The van der Waals surface area contributed by atoms with Crippen LogP contribution in [-0.4, -0.2) is 30.5 Å². The van der Waals surface area contributed by atoms with Crippen LogP contribution in [0.1, 0.15) is 35.7 Å². The van der Waals surface area contributed by atoms with Crippen LogP contribution in [0.15, 0.2) is 42.5 Å². The third-order valence-corrected chi connectivity index (χ3v) is 4.98. The normalized spacial score (nSPS) is 13.8. The van der Waals surface area contributed by atoms with Gasteiger partial charge in [0.15, 0.2) is 11.5 Å². The first-order valence-corrected chi connectivity index (χ1v) is 9.69. The highest BCUT2D eigenvalue weighted by Crippen LogP contribution is 2.35. The van der Waals surface area contributed by atoms with Gasteiger partial charge in [0.2, 0.25) is 0 Å². The Morgan fingerprint density at radius 2 is 1.84 bits per heavy atom. The fourth-order valence-electron chi connectivity index (χ4n) is 2.93. The van der Waals surface area contributed by atoms with E-state index in [1.807, 2.05) is 54.3 Å². The van der Waals surface area contributed by atoms with Crippen LogP contribution in [0.3, 0.4) is 0 Å². The second kappa shape index (κ2) is 8.56. The second-order valence-corrected chi connectivity index (χ2v) is 7.15. The molecule has 0 aromatic heterocycles. The number of nitrogens with zero attached hydrogens (tertiary/aromatic N) is 1. The van der Waals surface area contributed by atoms with Crippen molar-refractivity contribution in [3.63, 3.8) is 0 Å². The van der Waals surface area contributed by atoms with E-state index in [0.717, 1.165) is 35.1 Å². The molecule has 1 amide bonds. The standard InChI is InChI=1S/C20H22INO3/c1-2-24-18-13-16(20(23)22-10-6-7-11-22)12-17(21)19(18)25-14-15-8-4-3-5-9-15/h3-5,8-9,12-13H,2,6-7,10-11,14H2,1H3. The van der Waals surface area contributed by atoms with Crippen molar-refractivity contribution in [2.45, 2.75) is 26.4 Å². The first kappa shape index (κ1) is 18.0. The van der Waals surface area contributed by atoms with Gasteiger partial charge in [-0.1, -0.05) is 30.3 Å². The van der Waals surface area contributed by atoms with Crippen molar-refractivity contribution >= 4 is 28.5 Å². The summed E-state index contributed by atoms with van der Waals surface area (Å²) in [5, 5.41) is 0. The second-order valence-electron chi connectivity index (χ2n) is 5.99. The molecule has 0 N–H and O–H groups in total. The minimum Gasteiger partial charge on any atom is -0.490 e. The lowest BCUT2D eigenvalue weighted by molar-refractivity contribution is 0.0792. The summed E-state index contributed by atoms with van der Waals surface area (Å²) in [6, 6.07) is 13.7. The molecule has 132 valence electrons. The molecule has 3 rings (SSSR count). The van der Waals surface area contributed by atoms with Gasteiger partial charge in [0.05, 0.1) is 10.2 Å². The van der Waals surface area contributed by atoms with Gasteiger partial charge in [-0.25, -0.2) is 0 Å². The molecule has 1 aliphatic rings. The van der Waals surface area contributed by atoms with E-state index in [4.69, 9.17) is 9.47 Å². The summed E-state index contributed by atoms with van der Waals surface area (Å²) in [7, 11) is 0. The maximum Gasteiger partial charge on any atom is 0.254 e. The van der Waals surface area contributed by atoms with E-state index in [0.29, 0.717) is 30.3 Å². The Labute approximate surface area is 162 Å². The van der Waals surface area contributed by atoms with Gasteiger partial charge in [-0.3, -0.25) is 4.79 Å². The smallest absolute Gasteiger partial charge is 0.254 e. The molecule has 1 heterocycles. The predicted octanol–water partition coefficient (Wildman–Crippen LogP) is 4.50. The minimum absolute atomic E-state index is 0.0750. The molecular weight excluding hydrogens is 429 g/mol. The number of rotatable bonds is 6. The van der Waals surface area contributed by atoms with Crippen LogP contribution in [0, 0.1) is 3.57 Å². The maximum atomic E-state index is 12.7. The average molecular weight is 451 g/mol. The van der Waals surface area contributed by atoms with Gasteiger partial charge in [0, 0.05) is 18.7 Å². The van der Waals surface area contributed by atoms with Gasteiger partial charge < -0.3 is 14.4 Å². The van der Waals surface area contributed by atoms with Crippen LogP contribution in [0.2, 0.25) is 0 Å². The van der Waals surface area contributed by atoms with E-state index in [2.05, 4.69) is 22.6 Å². The number of likely N-dealkylation sites (tertiary alicyclic amines) is 1. The molecule has 0 radical (unpaired) electrons. The fourth-order valence-corrected chi connectivity index (χ4v) is 3.68. The molecule has 0 saturated carbocycles. The van der Waals surface area contributed by atoms with Gasteiger partial charge in [-0.15, -0.1) is 0 Å². The number of benzene rings is 2. The SMILES string of the molecule is CCOc1cc(C(=O)N2CCCC2)cc(I)c1OCc1ccccc1. The summed E-state index contributed by atoms with van der Waals surface area (Å²) < 4.78 is 12.7. The minimum atomic E-state index is 0.0750. The van der Waals surface area contributed by atoms with E-state index in [9.17, 15) is 4.79 Å². The molecule has 0 spiro atoms. The molecule has 2 aromatic rings. The highest BCUT2D eigenvalue weighted by Gasteiger charge is 2.22. The van der Waals surface area contributed by atoms with Gasteiger partial charge in [-0.05, 0) is 60.1 Å². The highest BCUT2D eigenvalue weighted by atomic mass is 127. The van der Waals surface area contributed by atoms with Gasteiger partial charge >= 0.3 is 0 Å². The molecular formula is C20H22INO3. The fraction of sp³-hybridized carbons (Fsp3) is 0.350. The molecule has 1 fully saturated rings. The molecule has 0 aliphatic carbocycles. The molecule has 5 heteroatoms. The first-order valence-electron chi connectivity index (χ1n) is 8.61. The third-order valence-electron chi connectivity index (χ3n) is 4.18. The predicted molar refractivity (Wildman–Crippen MR) is 106 cm³/mol. The summed E-state index contributed by atoms with van der Waals surface area (Å²) in [5.74, 6) is 1.41. The van der Waals surface area contributed by atoms with E-state index < -0.39 is 0 Å². The molecule has 0 unspecified atom stereocenters. The monoisotopic (exact) mass is 451 g/mol. The number of amides is 1. The summed E-state index contributed by atoms with van der Waals surface area (Å²) in [4.78, 5) is 14.6. The van der Waals surface area contributed by atoms with Crippen LogP contribution >= 0.6 is 22.6 Å². The number of halogens is 1. The molecule has 0 bridgehead atoms. The van der Waals surface area contributed by atoms with E-state index in [1.165, 1.54) is 0 Å². The number of ether oxygens (including phenoxy) is 2. The number of hydrogen-bond donors (Lipinski definition) is 0. The molecule has 1 aliphatic heterocycles. The zero-order valence-electron chi connectivity index (χ0n) is 14.3. The summed E-state index contributed by atoms with van der Waals surface area (Å²) in [6.45, 7) is 4.61. The quantitative estimate of drug-likeness (QED) is 0.607. The van der Waals surface area contributed by atoms with Crippen molar-refractivity contribution in [1.29, 1.82) is 0 Å². The Balaban J connectivity index is 1.83. The van der Waals surface area contributed by atoms with Crippen molar-refractivity contribution < 1.29 is 14.3 Å². The Morgan fingerprint density at radius 3 is 2.52 bits per heavy atom. The molecule has 4 nitrogen and oxygen atoms in total. The number of hydrogen-bond acceptors (Lipinski definition) is 3. The van der Waals surface area contributed by atoms with E-state index in [-0.39, 0.29) is 5.91 Å². The molecule has 25 heavy (non-hydrogen) atoms. The Bertz CT molecular complexity index is 727. The lowest BCUT2D eigenvalue weighted by Crippen LogP contribution is -2.27. The highest BCUT2D eigenvalue weighted by molar-refractivity contribution is 14.1. The van der Waals surface area contributed by atoms with Crippen LogP contribution in [-0.2, 0) is 6.61 Å². The topological polar surface area (TPSA) is 38.8 Å². The van der Waals surface area contributed by atoms with Crippen molar-refractivity contribution in [2.75, 3.05) is 19.7 Å². The van der Waals surface area contributed by atoms with Crippen molar-refractivity contribution in [2.24, 2.45) is 0 Å². The average Bonchev–Trinajstić information content (AvgIpc) is 3.16. The Kier molecular flexibility index (Phi) is 6.18. The number of carbonyl (C=O) groups is 1. The van der Waals surface area contributed by atoms with Crippen molar-refractivity contribution in [3.8, 4) is 11.5 Å². The molecule has 2 aromatic carbocycles. The largest absolute Gasteiger partial charge is 0.490 e. The van der Waals surface area contributed by atoms with E-state index >= 15 is 0 Å². The van der Waals surface area contributed by atoms with Gasteiger partial charge in [0.1, 0.15) is 6.61 Å². The number of carbonyl (C=O) groups excluding carboxylic acids is 1. The lowest BCUT2D eigenvalue weighted by Gasteiger charge is -2.18. The summed E-state index contributed by atoms with van der Waals surface area (Å²) in [5.41, 5.74) is 1.76. The lowest BCUT2D eigenvalue weighted by atomic mass is 10.1. The van der Waals surface area contributed by atoms with Gasteiger partial charge in [0.25, 0.3) is 5.91 Å². The molecule has 0 atom stereocenters. The van der Waals surface area contributed by atoms with Crippen molar-refractivity contribution in [3.05, 3.63) is 57.2 Å².